The van der Waals surface area contributed by atoms with E-state index in [1.165, 1.54) is 12.1 Å². The van der Waals surface area contributed by atoms with E-state index in [1.807, 2.05) is 0 Å². The van der Waals surface area contributed by atoms with Crippen molar-refractivity contribution in [2.75, 3.05) is 11.1 Å². The number of nitrogens with one attached hydrogen (secondary N) is 1. The van der Waals surface area contributed by atoms with Crippen molar-refractivity contribution in [3.63, 3.8) is 0 Å². The summed E-state index contributed by atoms with van der Waals surface area (Å²) < 4.78 is 29.4. The molecule has 3 aromatic rings. The van der Waals surface area contributed by atoms with E-state index in [9.17, 15) is 13.2 Å². The van der Waals surface area contributed by atoms with Crippen molar-refractivity contribution in [3.05, 3.63) is 65.7 Å². The van der Waals surface area contributed by atoms with Crippen LogP contribution in [0.15, 0.2) is 70.1 Å². The molecule has 2 aromatic carbocycles. The van der Waals surface area contributed by atoms with Gasteiger partial charge in [-0.1, -0.05) is 47.1 Å². The summed E-state index contributed by atoms with van der Waals surface area (Å²) in [5.41, 5.74) is 1.32. The first-order valence-corrected chi connectivity index (χ1v) is 9.77. The topological polar surface area (TPSA) is 89.3 Å². The maximum atomic E-state index is 12.2. The molecule has 0 bridgehead atoms. The van der Waals surface area contributed by atoms with Gasteiger partial charge in [0.1, 0.15) is 5.69 Å². The van der Waals surface area contributed by atoms with Crippen LogP contribution in [0.2, 0.25) is 5.02 Å². The molecule has 0 unspecified atom stereocenters. The third-order valence-corrected chi connectivity index (χ3v) is 5.60. The molecule has 0 atom stereocenters. The van der Waals surface area contributed by atoms with Crippen molar-refractivity contribution in [1.82, 2.24) is 5.16 Å². The number of nitrogens with zero attached hydrogens (tertiary/aromatic N) is 1. The smallest absolute Gasteiger partial charge is 0.231 e. The molecular formula is C18H15ClN2O4S. The van der Waals surface area contributed by atoms with E-state index in [1.54, 1.807) is 48.5 Å². The van der Waals surface area contributed by atoms with Gasteiger partial charge in [0.2, 0.25) is 11.8 Å². The first kappa shape index (κ1) is 18.2. The van der Waals surface area contributed by atoms with Gasteiger partial charge >= 0.3 is 0 Å². The summed E-state index contributed by atoms with van der Waals surface area (Å²) in [5, 5.41) is 6.99. The Kier molecular flexibility index (Phi) is 5.39. The van der Waals surface area contributed by atoms with E-state index in [4.69, 9.17) is 16.1 Å². The Morgan fingerprint density at radius 1 is 1.08 bits per heavy atom. The van der Waals surface area contributed by atoms with Gasteiger partial charge in [0.25, 0.3) is 0 Å². The predicted molar refractivity (Wildman–Crippen MR) is 98.7 cm³/mol. The van der Waals surface area contributed by atoms with Crippen LogP contribution < -0.4 is 5.32 Å². The van der Waals surface area contributed by atoms with Gasteiger partial charge in [-0.15, -0.1) is 0 Å². The number of benzene rings is 2. The molecule has 0 fully saturated rings. The minimum absolute atomic E-state index is 0.150. The van der Waals surface area contributed by atoms with Crippen molar-refractivity contribution in [3.8, 4) is 11.3 Å². The SMILES string of the molecule is O=C(CCS(=O)(=O)c1ccccc1)Nc1cc(-c2ccc(Cl)cc2)no1. The number of sulfone groups is 1. The fraction of sp³-hybridized carbons (Fsp3) is 0.111. The molecule has 134 valence electrons. The molecule has 0 aliphatic rings. The number of hydrogen-bond acceptors (Lipinski definition) is 5. The molecule has 0 saturated carbocycles. The minimum atomic E-state index is -3.51. The molecule has 0 saturated heterocycles. The van der Waals surface area contributed by atoms with Crippen LogP contribution in [0.4, 0.5) is 5.88 Å². The van der Waals surface area contributed by atoms with Crippen LogP contribution in [0, 0.1) is 0 Å². The quantitative estimate of drug-likeness (QED) is 0.691. The monoisotopic (exact) mass is 390 g/mol. The third-order valence-electron chi connectivity index (χ3n) is 3.61. The van der Waals surface area contributed by atoms with E-state index >= 15 is 0 Å². The highest BCUT2D eigenvalue weighted by molar-refractivity contribution is 7.91. The van der Waals surface area contributed by atoms with E-state index in [-0.39, 0.29) is 23.0 Å². The molecule has 3 rings (SSSR count). The summed E-state index contributed by atoms with van der Waals surface area (Å²) in [5.74, 6) is -0.610. The van der Waals surface area contributed by atoms with E-state index < -0.39 is 15.7 Å². The Bertz CT molecular complexity index is 999. The summed E-state index contributed by atoms with van der Waals surface area (Å²) >= 11 is 5.84. The number of hydrogen-bond donors (Lipinski definition) is 1. The van der Waals surface area contributed by atoms with E-state index in [2.05, 4.69) is 10.5 Å². The van der Waals surface area contributed by atoms with Crippen LogP contribution in [0.5, 0.6) is 0 Å². The Balaban J connectivity index is 1.60. The van der Waals surface area contributed by atoms with Gasteiger partial charge in [0.05, 0.1) is 10.6 Å². The van der Waals surface area contributed by atoms with Gasteiger partial charge in [-0.2, -0.15) is 0 Å². The number of amides is 1. The second-order valence-corrected chi connectivity index (χ2v) is 8.06. The lowest BCUT2D eigenvalue weighted by molar-refractivity contribution is -0.115. The molecule has 0 aliphatic carbocycles. The average Bonchev–Trinajstić information content (AvgIpc) is 3.10. The van der Waals surface area contributed by atoms with Crippen LogP contribution in [0.1, 0.15) is 6.42 Å². The fourth-order valence-corrected chi connectivity index (χ4v) is 3.65. The van der Waals surface area contributed by atoms with Gasteiger partial charge in [0, 0.05) is 23.1 Å². The Labute approximate surface area is 155 Å². The lowest BCUT2D eigenvalue weighted by Gasteiger charge is -2.04. The van der Waals surface area contributed by atoms with Crippen molar-refractivity contribution in [1.29, 1.82) is 0 Å². The molecule has 8 heteroatoms. The van der Waals surface area contributed by atoms with Crippen LogP contribution >= 0.6 is 11.6 Å². The molecule has 6 nitrogen and oxygen atoms in total. The zero-order chi connectivity index (χ0) is 18.6. The number of anilines is 1. The van der Waals surface area contributed by atoms with Crippen molar-refractivity contribution >= 4 is 33.2 Å². The highest BCUT2D eigenvalue weighted by Crippen LogP contribution is 2.23. The van der Waals surface area contributed by atoms with E-state index in [0.717, 1.165) is 5.56 Å². The second-order valence-electron chi connectivity index (χ2n) is 5.51. The Morgan fingerprint density at radius 3 is 2.46 bits per heavy atom. The first-order chi connectivity index (χ1) is 12.4. The van der Waals surface area contributed by atoms with E-state index in [0.29, 0.717) is 10.7 Å². The molecule has 1 heterocycles. The molecule has 26 heavy (non-hydrogen) atoms. The molecule has 1 amide bonds. The number of carbonyl (C=O) groups excluding carboxylic acids is 1. The molecule has 0 spiro atoms. The van der Waals surface area contributed by atoms with Crippen molar-refractivity contribution in [2.45, 2.75) is 11.3 Å². The predicted octanol–water partition coefficient (Wildman–Crippen LogP) is 3.80. The average molecular weight is 391 g/mol. The first-order valence-electron chi connectivity index (χ1n) is 7.74. The standard InChI is InChI=1S/C18H15ClN2O4S/c19-14-8-6-13(7-9-14)16-12-18(25-21-16)20-17(22)10-11-26(23,24)15-4-2-1-3-5-15/h1-9,12H,10-11H2,(H,20,22). The highest BCUT2D eigenvalue weighted by Gasteiger charge is 2.17. The van der Waals surface area contributed by atoms with Crippen LogP contribution in [0.25, 0.3) is 11.3 Å². The summed E-state index contributed by atoms with van der Waals surface area (Å²) in [7, 11) is -3.51. The molecule has 0 radical (unpaired) electrons. The van der Waals surface area contributed by atoms with Crippen molar-refractivity contribution < 1.29 is 17.7 Å². The van der Waals surface area contributed by atoms with Gasteiger partial charge in [-0.25, -0.2) is 8.42 Å². The van der Waals surface area contributed by atoms with Crippen molar-refractivity contribution in [2.24, 2.45) is 0 Å². The Hall–Kier alpha value is -2.64. The maximum Gasteiger partial charge on any atom is 0.231 e. The maximum absolute atomic E-state index is 12.2. The van der Waals surface area contributed by atoms with Gasteiger partial charge in [0.15, 0.2) is 9.84 Å². The van der Waals surface area contributed by atoms with Gasteiger partial charge < -0.3 is 4.52 Å². The van der Waals surface area contributed by atoms with Crippen LogP contribution in [-0.2, 0) is 14.6 Å². The molecular weight excluding hydrogens is 376 g/mol. The lowest BCUT2D eigenvalue weighted by atomic mass is 10.1. The molecule has 1 N–H and O–H groups in total. The minimum Gasteiger partial charge on any atom is -0.338 e. The second kappa shape index (κ2) is 7.72. The van der Waals surface area contributed by atoms with Crippen LogP contribution in [-0.4, -0.2) is 25.2 Å². The highest BCUT2D eigenvalue weighted by atomic mass is 35.5. The normalized spacial score (nSPS) is 11.3. The lowest BCUT2D eigenvalue weighted by Crippen LogP contribution is -2.17. The molecule has 1 aromatic heterocycles. The summed E-state index contributed by atoms with van der Waals surface area (Å²) in [6.07, 6.45) is -0.186. The number of halogens is 1. The Morgan fingerprint density at radius 2 is 1.77 bits per heavy atom. The fourth-order valence-electron chi connectivity index (χ4n) is 2.26. The zero-order valence-corrected chi connectivity index (χ0v) is 15.1. The van der Waals surface area contributed by atoms with Gasteiger partial charge in [-0.05, 0) is 24.3 Å². The summed E-state index contributed by atoms with van der Waals surface area (Å²) in [4.78, 5) is 12.2. The van der Waals surface area contributed by atoms with Gasteiger partial charge in [-0.3, -0.25) is 10.1 Å². The summed E-state index contributed by atoms with van der Waals surface area (Å²) in [6, 6.07) is 16.6. The number of aromatic nitrogens is 1. The molecule has 0 aliphatic heterocycles. The number of rotatable bonds is 6. The third kappa shape index (κ3) is 4.50. The number of carbonyl (C=O) groups is 1. The summed E-state index contributed by atoms with van der Waals surface area (Å²) in [6.45, 7) is 0. The van der Waals surface area contributed by atoms with Crippen LogP contribution in [0.3, 0.4) is 0 Å². The zero-order valence-electron chi connectivity index (χ0n) is 13.6. The largest absolute Gasteiger partial charge is 0.338 e.